The van der Waals surface area contributed by atoms with Crippen molar-refractivity contribution >= 4 is 51.6 Å². The number of nitrogens with one attached hydrogen (secondary N) is 2. The van der Waals surface area contributed by atoms with E-state index >= 15 is 0 Å². The highest BCUT2D eigenvalue weighted by atomic mass is 127. The lowest BCUT2D eigenvalue weighted by Crippen LogP contribution is -2.06. The van der Waals surface area contributed by atoms with Crippen molar-refractivity contribution in [2.45, 2.75) is 13.3 Å². The lowest BCUT2D eigenvalue weighted by Gasteiger charge is -2.09. The Labute approximate surface area is 131 Å². The normalized spacial score (nSPS) is 10.3. The Bertz CT molecular complexity index is 545. The van der Waals surface area contributed by atoms with Crippen LogP contribution in [0, 0.1) is 3.57 Å². The molecule has 2 N–H and O–H groups in total. The van der Waals surface area contributed by atoms with Gasteiger partial charge in [0.25, 0.3) is 0 Å². The number of nitrogens with zero attached hydrogens (tertiary/aromatic N) is 2. The molecule has 4 nitrogen and oxygen atoms in total. The minimum Gasteiger partial charge on any atom is -0.354 e. The number of hydrogen-bond acceptors (Lipinski definition) is 4. The van der Waals surface area contributed by atoms with Gasteiger partial charge >= 0.3 is 0 Å². The quantitative estimate of drug-likeness (QED) is 0.750. The molecule has 0 atom stereocenters. The predicted molar refractivity (Wildman–Crippen MR) is 88.3 cm³/mol. The summed E-state index contributed by atoms with van der Waals surface area (Å²) in [6, 6.07) is 8.02. The third-order valence-electron chi connectivity index (χ3n) is 2.38. The number of aromatic nitrogens is 2. The molecule has 0 saturated carbocycles. The minimum absolute atomic E-state index is 0.501. The summed E-state index contributed by atoms with van der Waals surface area (Å²) in [5.74, 6) is 1.19. The van der Waals surface area contributed by atoms with Gasteiger partial charge in [-0.25, -0.2) is 4.98 Å². The second-order valence-corrected chi connectivity index (χ2v) is 5.60. The average molecular weight is 389 g/mol. The van der Waals surface area contributed by atoms with E-state index < -0.39 is 0 Å². The zero-order valence-corrected chi connectivity index (χ0v) is 13.4. The first-order valence-electron chi connectivity index (χ1n) is 5.98. The van der Waals surface area contributed by atoms with E-state index in [1.165, 1.54) is 3.57 Å². The van der Waals surface area contributed by atoms with Crippen LogP contribution in [0.25, 0.3) is 0 Å². The van der Waals surface area contributed by atoms with Crippen LogP contribution in [0.3, 0.4) is 0 Å². The van der Waals surface area contributed by atoms with Gasteiger partial charge in [0.05, 0.1) is 6.20 Å². The average Bonchev–Trinajstić information content (AvgIpc) is 2.42. The van der Waals surface area contributed by atoms with Crippen molar-refractivity contribution in [3.63, 3.8) is 0 Å². The monoisotopic (exact) mass is 388 g/mol. The van der Waals surface area contributed by atoms with E-state index in [0.717, 1.165) is 18.7 Å². The zero-order chi connectivity index (χ0) is 13.7. The molecule has 2 aromatic rings. The zero-order valence-electron chi connectivity index (χ0n) is 10.5. The van der Waals surface area contributed by atoms with Crippen molar-refractivity contribution in [3.05, 3.63) is 39.1 Å². The van der Waals surface area contributed by atoms with Crippen LogP contribution >= 0.6 is 34.2 Å². The highest BCUT2D eigenvalue weighted by molar-refractivity contribution is 14.1. The molecule has 1 aromatic heterocycles. The first kappa shape index (κ1) is 14.3. The topological polar surface area (TPSA) is 49.8 Å². The fourth-order valence-electron chi connectivity index (χ4n) is 1.45. The number of hydrogen-bond donors (Lipinski definition) is 2. The molecule has 0 bridgehead atoms. The molecule has 0 aliphatic carbocycles. The fraction of sp³-hybridized carbons (Fsp3) is 0.231. The smallest absolute Gasteiger partial charge is 0.224 e. The lowest BCUT2D eigenvalue weighted by atomic mass is 10.3. The van der Waals surface area contributed by atoms with Gasteiger partial charge in [-0.1, -0.05) is 18.5 Å². The Kier molecular flexibility index (Phi) is 5.21. The number of rotatable bonds is 5. The second-order valence-electron chi connectivity index (χ2n) is 3.95. The summed E-state index contributed by atoms with van der Waals surface area (Å²) in [7, 11) is 0. The van der Waals surface area contributed by atoms with Crippen molar-refractivity contribution in [2.75, 3.05) is 17.2 Å². The van der Waals surface area contributed by atoms with Gasteiger partial charge in [0, 0.05) is 15.8 Å². The maximum absolute atomic E-state index is 6.09. The van der Waals surface area contributed by atoms with Gasteiger partial charge in [0.1, 0.15) is 5.02 Å². The molecule has 0 aliphatic rings. The Morgan fingerprint density at radius 1 is 1.26 bits per heavy atom. The van der Waals surface area contributed by atoms with Crippen molar-refractivity contribution in [2.24, 2.45) is 0 Å². The van der Waals surface area contributed by atoms with Crippen LogP contribution in [0.15, 0.2) is 30.5 Å². The molecule has 19 heavy (non-hydrogen) atoms. The minimum atomic E-state index is 0.501. The molecule has 0 aliphatic heterocycles. The van der Waals surface area contributed by atoms with Crippen LogP contribution in [0.5, 0.6) is 0 Å². The van der Waals surface area contributed by atoms with Gasteiger partial charge < -0.3 is 10.6 Å². The Morgan fingerprint density at radius 3 is 2.68 bits per heavy atom. The summed E-state index contributed by atoms with van der Waals surface area (Å²) in [5, 5.41) is 6.83. The van der Waals surface area contributed by atoms with Gasteiger partial charge in [-0.15, -0.1) is 0 Å². The van der Waals surface area contributed by atoms with Crippen LogP contribution in [0.2, 0.25) is 5.02 Å². The van der Waals surface area contributed by atoms with Crippen molar-refractivity contribution < 1.29 is 0 Å². The third kappa shape index (κ3) is 4.21. The van der Waals surface area contributed by atoms with Gasteiger partial charge in [-0.2, -0.15) is 4.98 Å². The van der Waals surface area contributed by atoms with Crippen molar-refractivity contribution in [1.82, 2.24) is 9.97 Å². The second kappa shape index (κ2) is 6.91. The fourth-order valence-corrected chi connectivity index (χ4v) is 1.94. The highest BCUT2D eigenvalue weighted by Crippen LogP contribution is 2.24. The van der Waals surface area contributed by atoms with Gasteiger partial charge in [0.15, 0.2) is 5.82 Å². The SMILES string of the molecule is CCCNc1ncc(Cl)c(Nc2ccc(I)cc2)n1. The van der Waals surface area contributed by atoms with Gasteiger partial charge in [0.2, 0.25) is 5.95 Å². The summed E-state index contributed by atoms with van der Waals surface area (Å²) >= 11 is 8.36. The van der Waals surface area contributed by atoms with Crippen LogP contribution < -0.4 is 10.6 Å². The molecule has 0 fully saturated rings. The van der Waals surface area contributed by atoms with Crippen LogP contribution in [-0.2, 0) is 0 Å². The summed E-state index contributed by atoms with van der Waals surface area (Å²) in [5.41, 5.74) is 0.947. The molecule has 0 radical (unpaired) electrons. The highest BCUT2D eigenvalue weighted by Gasteiger charge is 2.05. The van der Waals surface area contributed by atoms with Crippen molar-refractivity contribution in [3.8, 4) is 0 Å². The molecule has 0 saturated heterocycles. The molecule has 1 heterocycles. The predicted octanol–water partition coefficient (Wildman–Crippen LogP) is 4.30. The number of benzene rings is 1. The lowest BCUT2D eigenvalue weighted by molar-refractivity contribution is 0.953. The molecule has 0 spiro atoms. The van der Waals surface area contributed by atoms with E-state index in [-0.39, 0.29) is 0 Å². The molecule has 2 rings (SSSR count). The van der Waals surface area contributed by atoms with E-state index in [1.54, 1.807) is 6.20 Å². The van der Waals surface area contributed by atoms with Gasteiger partial charge in [-0.05, 0) is 53.3 Å². The first-order valence-corrected chi connectivity index (χ1v) is 7.43. The van der Waals surface area contributed by atoms with E-state index in [9.17, 15) is 0 Å². The molecular weight excluding hydrogens is 375 g/mol. The van der Waals surface area contributed by atoms with Gasteiger partial charge in [-0.3, -0.25) is 0 Å². The number of halogens is 2. The number of anilines is 3. The molecule has 0 amide bonds. The maximum Gasteiger partial charge on any atom is 0.224 e. The maximum atomic E-state index is 6.09. The summed E-state index contributed by atoms with van der Waals surface area (Å²) in [6.07, 6.45) is 2.62. The van der Waals surface area contributed by atoms with E-state index in [0.29, 0.717) is 16.8 Å². The summed E-state index contributed by atoms with van der Waals surface area (Å²) in [6.45, 7) is 2.93. The molecule has 1 aromatic carbocycles. The summed E-state index contributed by atoms with van der Waals surface area (Å²) < 4.78 is 1.18. The van der Waals surface area contributed by atoms with Crippen LogP contribution in [0.1, 0.15) is 13.3 Å². The van der Waals surface area contributed by atoms with E-state index in [1.807, 2.05) is 24.3 Å². The molecule has 100 valence electrons. The Hall–Kier alpha value is -1.08. The first-order chi connectivity index (χ1) is 9.19. The Morgan fingerprint density at radius 2 is 2.00 bits per heavy atom. The van der Waals surface area contributed by atoms with Crippen molar-refractivity contribution in [1.29, 1.82) is 0 Å². The molecule has 6 heteroatoms. The third-order valence-corrected chi connectivity index (χ3v) is 3.38. The standard InChI is InChI=1S/C13H14ClIN4/c1-2-7-16-13-17-8-11(14)12(19-13)18-10-5-3-9(15)4-6-10/h3-6,8H,2,7H2,1H3,(H2,16,17,18,19). The molecular formula is C13H14ClIN4. The largest absolute Gasteiger partial charge is 0.354 e. The van der Waals surface area contributed by atoms with E-state index in [2.05, 4.69) is 50.1 Å². The Balaban J connectivity index is 2.16. The van der Waals surface area contributed by atoms with Crippen LogP contribution in [-0.4, -0.2) is 16.5 Å². The van der Waals surface area contributed by atoms with Crippen LogP contribution in [0.4, 0.5) is 17.5 Å². The van der Waals surface area contributed by atoms with E-state index in [4.69, 9.17) is 11.6 Å². The summed E-state index contributed by atoms with van der Waals surface area (Å²) in [4.78, 5) is 8.50. The molecule has 0 unspecified atom stereocenters.